The minimum atomic E-state index is -0.669. The van der Waals surface area contributed by atoms with E-state index in [1.807, 2.05) is 27.7 Å². The van der Waals surface area contributed by atoms with Crippen molar-refractivity contribution in [1.29, 1.82) is 0 Å². The largest absolute Gasteiger partial charge is 0.355 e. The number of amides is 4. The summed E-state index contributed by atoms with van der Waals surface area (Å²) in [6.07, 6.45) is 0.589. The first kappa shape index (κ1) is 26.6. The zero-order valence-electron chi connectivity index (χ0n) is 17.6. The predicted molar refractivity (Wildman–Crippen MR) is 116 cm³/mol. The first-order valence-electron chi connectivity index (χ1n) is 9.46. The molecule has 0 saturated heterocycles. The molecule has 0 aromatic rings. The van der Waals surface area contributed by atoms with Gasteiger partial charge in [0.05, 0.1) is 0 Å². The van der Waals surface area contributed by atoms with Crippen LogP contribution in [0.5, 0.6) is 0 Å². The molecular formula is C18H34N4O4S2. The van der Waals surface area contributed by atoms with Gasteiger partial charge in [0.1, 0.15) is 12.1 Å². The van der Waals surface area contributed by atoms with Crippen LogP contribution in [0.2, 0.25) is 0 Å². The lowest BCUT2D eigenvalue weighted by atomic mass is 10.1. The molecule has 2 atom stereocenters. The van der Waals surface area contributed by atoms with Gasteiger partial charge in [-0.3, -0.25) is 19.2 Å². The SMILES string of the molecule is CCNC(=O)C(CSSCC(NC(=O)CC)C(=O)NC(C)(C)C)NC(=O)CC. The monoisotopic (exact) mass is 434 g/mol. The van der Waals surface area contributed by atoms with E-state index in [-0.39, 0.29) is 23.6 Å². The van der Waals surface area contributed by atoms with Gasteiger partial charge in [-0.1, -0.05) is 35.4 Å². The summed E-state index contributed by atoms with van der Waals surface area (Å²) in [7, 11) is 2.75. The van der Waals surface area contributed by atoms with Gasteiger partial charge in [0.15, 0.2) is 0 Å². The van der Waals surface area contributed by atoms with Gasteiger partial charge in [0.25, 0.3) is 0 Å². The van der Waals surface area contributed by atoms with Crippen molar-refractivity contribution in [3.63, 3.8) is 0 Å². The van der Waals surface area contributed by atoms with Crippen molar-refractivity contribution in [1.82, 2.24) is 21.3 Å². The van der Waals surface area contributed by atoms with E-state index < -0.39 is 17.6 Å². The number of hydrogen-bond donors (Lipinski definition) is 4. The standard InChI is InChI=1S/C18H34N4O4S2/c1-7-14(23)20-12(16(25)19-9-3)10-27-28-11-13(21-15(24)8-2)17(26)22-18(4,5)6/h12-13H,7-11H2,1-6H3,(H,19,25)(H,20,23)(H,21,24)(H,22,26). The Morgan fingerprint density at radius 3 is 1.57 bits per heavy atom. The van der Waals surface area contributed by atoms with Crippen LogP contribution in [-0.2, 0) is 19.2 Å². The van der Waals surface area contributed by atoms with Crippen LogP contribution in [0, 0.1) is 0 Å². The molecule has 0 aliphatic carbocycles. The van der Waals surface area contributed by atoms with Crippen molar-refractivity contribution in [2.24, 2.45) is 0 Å². The molecule has 162 valence electrons. The summed E-state index contributed by atoms with van der Waals surface area (Å²) in [4.78, 5) is 47.9. The summed E-state index contributed by atoms with van der Waals surface area (Å²) >= 11 is 0. The Kier molecular flexibility index (Phi) is 13.0. The molecule has 0 aliphatic heterocycles. The van der Waals surface area contributed by atoms with Crippen molar-refractivity contribution >= 4 is 45.2 Å². The fraction of sp³-hybridized carbons (Fsp3) is 0.778. The van der Waals surface area contributed by atoms with Gasteiger partial charge < -0.3 is 21.3 Å². The number of carbonyl (C=O) groups is 4. The van der Waals surface area contributed by atoms with Crippen LogP contribution in [0.25, 0.3) is 0 Å². The maximum Gasteiger partial charge on any atom is 0.243 e. The van der Waals surface area contributed by atoms with Crippen LogP contribution < -0.4 is 21.3 Å². The van der Waals surface area contributed by atoms with Gasteiger partial charge in [0.2, 0.25) is 23.6 Å². The van der Waals surface area contributed by atoms with E-state index in [0.29, 0.717) is 30.9 Å². The zero-order valence-corrected chi connectivity index (χ0v) is 19.3. The fourth-order valence-electron chi connectivity index (χ4n) is 1.95. The molecule has 0 saturated carbocycles. The molecule has 0 fully saturated rings. The first-order valence-corrected chi connectivity index (χ1v) is 12.0. The molecule has 0 aromatic heterocycles. The number of nitrogens with one attached hydrogen (secondary N) is 4. The highest BCUT2D eigenvalue weighted by Crippen LogP contribution is 2.23. The van der Waals surface area contributed by atoms with Crippen LogP contribution in [-0.4, -0.2) is 59.3 Å². The number of carbonyl (C=O) groups excluding carboxylic acids is 4. The van der Waals surface area contributed by atoms with Gasteiger partial charge in [-0.2, -0.15) is 0 Å². The van der Waals surface area contributed by atoms with Gasteiger partial charge >= 0.3 is 0 Å². The van der Waals surface area contributed by atoms with Crippen molar-refractivity contribution in [2.75, 3.05) is 18.1 Å². The van der Waals surface area contributed by atoms with E-state index in [0.717, 1.165) is 0 Å². The summed E-state index contributed by atoms with van der Waals surface area (Å²) in [6.45, 7) is 11.4. The van der Waals surface area contributed by atoms with Gasteiger partial charge in [-0.15, -0.1) is 0 Å². The number of hydrogen-bond acceptors (Lipinski definition) is 6. The highest BCUT2D eigenvalue weighted by Gasteiger charge is 2.25. The van der Waals surface area contributed by atoms with Gasteiger partial charge in [-0.25, -0.2) is 0 Å². The molecule has 10 heteroatoms. The van der Waals surface area contributed by atoms with Crippen molar-refractivity contribution < 1.29 is 19.2 Å². The summed E-state index contributed by atoms with van der Waals surface area (Å²) in [5.41, 5.74) is -0.405. The average Bonchev–Trinajstić information content (AvgIpc) is 2.61. The highest BCUT2D eigenvalue weighted by atomic mass is 33.1. The summed E-state index contributed by atoms with van der Waals surface area (Å²) in [5.74, 6) is -0.171. The molecule has 0 heterocycles. The Labute approximate surface area is 175 Å². The van der Waals surface area contributed by atoms with Gasteiger partial charge in [0, 0.05) is 36.4 Å². The Morgan fingerprint density at radius 1 is 0.786 bits per heavy atom. The lowest BCUT2D eigenvalue weighted by Gasteiger charge is -2.25. The van der Waals surface area contributed by atoms with E-state index in [9.17, 15) is 19.2 Å². The molecule has 8 nitrogen and oxygen atoms in total. The molecule has 0 radical (unpaired) electrons. The molecule has 0 rings (SSSR count). The fourth-order valence-corrected chi connectivity index (χ4v) is 4.27. The van der Waals surface area contributed by atoms with E-state index in [1.54, 1.807) is 13.8 Å². The maximum absolute atomic E-state index is 12.4. The summed E-state index contributed by atoms with van der Waals surface area (Å²) in [6, 6.07) is -1.31. The summed E-state index contributed by atoms with van der Waals surface area (Å²) < 4.78 is 0. The molecular weight excluding hydrogens is 400 g/mol. The Morgan fingerprint density at radius 2 is 1.21 bits per heavy atom. The normalized spacial score (nSPS) is 13.2. The lowest BCUT2D eigenvalue weighted by molar-refractivity contribution is -0.129. The van der Waals surface area contributed by atoms with E-state index in [4.69, 9.17) is 0 Å². The Bertz CT molecular complexity index is 538. The second-order valence-electron chi connectivity index (χ2n) is 7.15. The van der Waals surface area contributed by atoms with E-state index in [2.05, 4.69) is 21.3 Å². The van der Waals surface area contributed by atoms with E-state index >= 15 is 0 Å². The van der Waals surface area contributed by atoms with E-state index in [1.165, 1.54) is 21.6 Å². The molecule has 4 N–H and O–H groups in total. The molecule has 4 amide bonds. The molecule has 0 bridgehead atoms. The molecule has 0 aromatic carbocycles. The highest BCUT2D eigenvalue weighted by molar-refractivity contribution is 8.76. The predicted octanol–water partition coefficient (Wildman–Crippen LogP) is 1.21. The molecule has 0 aliphatic rings. The topological polar surface area (TPSA) is 116 Å². The first-order chi connectivity index (χ1) is 13.0. The van der Waals surface area contributed by atoms with Crippen LogP contribution in [0.15, 0.2) is 0 Å². The minimum absolute atomic E-state index is 0.195. The Balaban J connectivity index is 4.76. The number of rotatable bonds is 12. The third-order valence-corrected chi connectivity index (χ3v) is 5.77. The molecule has 0 spiro atoms. The van der Waals surface area contributed by atoms with Crippen molar-refractivity contribution in [3.05, 3.63) is 0 Å². The summed E-state index contributed by atoms with van der Waals surface area (Å²) in [5, 5.41) is 11.0. The molecule has 28 heavy (non-hydrogen) atoms. The lowest BCUT2D eigenvalue weighted by Crippen LogP contribution is -2.53. The second kappa shape index (κ2) is 13.7. The zero-order chi connectivity index (χ0) is 21.7. The van der Waals surface area contributed by atoms with Gasteiger partial charge in [-0.05, 0) is 27.7 Å². The smallest absolute Gasteiger partial charge is 0.243 e. The number of likely N-dealkylation sites (N-methyl/N-ethyl adjacent to an activating group) is 1. The minimum Gasteiger partial charge on any atom is -0.355 e. The third kappa shape index (κ3) is 12.1. The Hall–Kier alpha value is -1.42. The van der Waals surface area contributed by atoms with Crippen molar-refractivity contribution in [2.45, 2.75) is 72.0 Å². The third-order valence-electron chi connectivity index (χ3n) is 3.35. The quantitative estimate of drug-likeness (QED) is 0.271. The molecule has 2 unspecified atom stereocenters. The average molecular weight is 435 g/mol. The second-order valence-corrected chi connectivity index (χ2v) is 9.70. The maximum atomic E-state index is 12.4. The van der Waals surface area contributed by atoms with Crippen molar-refractivity contribution in [3.8, 4) is 0 Å². The van der Waals surface area contributed by atoms with Crippen LogP contribution in [0.3, 0.4) is 0 Å². The van der Waals surface area contributed by atoms with Crippen LogP contribution in [0.1, 0.15) is 54.4 Å². The van der Waals surface area contributed by atoms with Crippen LogP contribution in [0.4, 0.5) is 0 Å². The van der Waals surface area contributed by atoms with Crippen LogP contribution >= 0.6 is 21.6 Å².